The van der Waals surface area contributed by atoms with E-state index in [0.29, 0.717) is 66.1 Å². The fraction of sp³-hybridized carbons (Fsp3) is 0.385. The first-order valence-electron chi connectivity index (χ1n) is 17.5. The van der Waals surface area contributed by atoms with Gasteiger partial charge in [-0.3, -0.25) is 29.0 Å². The monoisotopic (exact) mass is 712 g/mol. The summed E-state index contributed by atoms with van der Waals surface area (Å²) in [5.74, 6) is -1.60. The summed E-state index contributed by atoms with van der Waals surface area (Å²) < 4.78 is 32.2. The fourth-order valence-electron chi connectivity index (χ4n) is 7.11. The summed E-state index contributed by atoms with van der Waals surface area (Å²) in [6.45, 7) is 4.75. The van der Waals surface area contributed by atoms with Gasteiger partial charge in [0.1, 0.15) is 13.6 Å². The van der Waals surface area contributed by atoms with Crippen LogP contribution in [-0.4, -0.2) is 125 Å². The molecule has 5 aromatic carbocycles. The van der Waals surface area contributed by atoms with Crippen LogP contribution in [0, 0.1) is 0 Å². The zero-order chi connectivity index (χ0) is 36.2. The van der Waals surface area contributed by atoms with E-state index in [-0.39, 0.29) is 64.9 Å². The van der Waals surface area contributed by atoms with Crippen LogP contribution in [0.3, 0.4) is 0 Å². The van der Waals surface area contributed by atoms with Crippen LogP contribution in [0.1, 0.15) is 54.8 Å². The molecule has 0 spiro atoms. The number of nitrogens with zero attached hydrogens (tertiary/aromatic N) is 2. The quantitative estimate of drug-likeness (QED) is 0.0404. The van der Waals surface area contributed by atoms with Gasteiger partial charge in [0.2, 0.25) is 0 Å². The first-order valence-corrected chi connectivity index (χ1v) is 17.5. The summed E-state index contributed by atoms with van der Waals surface area (Å²) in [6, 6.07) is 14.5. The van der Waals surface area contributed by atoms with Crippen molar-refractivity contribution in [2.75, 3.05) is 86.1 Å². The van der Waals surface area contributed by atoms with E-state index in [1.807, 2.05) is 31.2 Å². The summed E-state index contributed by atoms with van der Waals surface area (Å²) in [5.41, 5.74) is 1.69. The average molecular weight is 713 g/mol. The lowest BCUT2D eigenvalue weighted by Crippen LogP contribution is -2.42. The molecule has 0 aromatic heterocycles. The molecule has 2 heterocycles. The number of fused-ring (bicyclic) bond motifs is 2. The molecule has 4 amide bonds. The van der Waals surface area contributed by atoms with Crippen molar-refractivity contribution >= 4 is 66.7 Å². The Hall–Kier alpha value is -4.60. The van der Waals surface area contributed by atoms with Gasteiger partial charge in [0.15, 0.2) is 0 Å². The summed E-state index contributed by atoms with van der Waals surface area (Å²) >= 11 is 0. The van der Waals surface area contributed by atoms with E-state index in [1.165, 1.54) is 9.80 Å². The summed E-state index contributed by atoms with van der Waals surface area (Å²) in [7, 11) is 0. The smallest absolute Gasteiger partial charge is 0.261 e. The average Bonchev–Trinajstić information content (AvgIpc) is 3.16. The van der Waals surface area contributed by atoms with Crippen molar-refractivity contribution in [3.8, 4) is 0 Å². The molecule has 0 fully saturated rings. The maximum Gasteiger partial charge on any atom is 0.261 e. The van der Waals surface area contributed by atoms with Crippen molar-refractivity contribution in [2.45, 2.75) is 13.3 Å². The fourth-order valence-corrected chi connectivity index (χ4v) is 7.11. The predicted molar refractivity (Wildman–Crippen MR) is 191 cm³/mol. The molecule has 0 aliphatic carbocycles. The third-order valence-corrected chi connectivity index (χ3v) is 9.38. The number of carbonyl (C=O) groups excluding carboxylic acids is 4. The molecule has 7 rings (SSSR count). The van der Waals surface area contributed by atoms with Crippen LogP contribution in [0.15, 0.2) is 48.5 Å². The molecule has 2 aliphatic rings. The summed E-state index contributed by atoms with van der Waals surface area (Å²) in [5, 5.41) is 14.8. The van der Waals surface area contributed by atoms with Crippen LogP contribution >= 0.6 is 0 Å². The van der Waals surface area contributed by atoms with Gasteiger partial charge in [-0.2, -0.15) is 0 Å². The highest BCUT2D eigenvalue weighted by Crippen LogP contribution is 2.46. The lowest BCUT2D eigenvalue weighted by molar-refractivity contribution is -0.134. The Morgan fingerprint density at radius 3 is 1.21 bits per heavy atom. The first kappa shape index (κ1) is 35.8. The Kier molecular flexibility index (Phi) is 11.0. The molecule has 0 saturated carbocycles. The lowest BCUT2D eigenvalue weighted by atomic mass is 9.82. The number of ether oxygens (including phenoxy) is 6. The molecule has 1 N–H and O–H groups in total. The Morgan fingerprint density at radius 2 is 0.808 bits per heavy atom. The van der Waals surface area contributed by atoms with E-state index in [9.17, 15) is 19.2 Å². The van der Waals surface area contributed by atoms with Gasteiger partial charge in [-0.15, -0.1) is 0 Å². The highest BCUT2D eigenvalue weighted by molar-refractivity contribution is 6.41. The molecule has 0 atom stereocenters. The topological polar surface area (TPSA) is 150 Å². The van der Waals surface area contributed by atoms with Gasteiger partial charge >= 0.3 is 0 Å². The molecule has 2 aliphatic heterocycles. The second-order valence-corrected chi connectivity index (χ2v) is 12.5. The number of hydrogen-bond acceptors (Lipinski definition) is 11. The Morgan fingerprint density at radius 1 is 0.442 bits per heavy atom. The van der Waals surface area contributed by atoms with Crippen LogP contribution in [0.2, 0.25) is 0 Å². The standard InChI is InChI=1S/C39H40N2O11/c1-2-14-47-18-20-49-21-19-48-15-11-40-36(43)28-7-3-24-26-5-9-30-35-31(39(46)41(38(30)45)12-16-50-22-52-23-51-17-13-42)10-6-27(33(26)35)25-4-8-29(37(40)44)34(28)32(24)25/h3-10,42H,2,11-23H2,1H3. The van der Waals surface area contributed by atoms with Gasteiger partial charge in [-0.05, 0) is 63.0 Å². The number of imide groups is 2. The van der Waals surface area contributed by atoms with E-state index < -0.39 is 11.8 Å². The van der Waals surface area contributed by atoms with Crippen LogP contribution in [-0.2, 0) is 28.4 Å². The van der Waals surface area contributed by atoms with Crippen molar-refractivity contribution in [3.05, 3.63) is 70.8 Å². The van der Waals surface area contributed by atoms with Crippen LogP contribution < -0.4 is 0 Å². The molecule has 0 saturated heterocycles. The Bertz CT molecular complexity index is 2030. The van der Waals surface area contributed by atoms with E-state index in [0.717, 1.165) is 38.7 Å². The minimum atomic E-state index is -0.419. The van der Waals surface area contributed by atoms with Crippen molar-refractivity contribution in [1.29, 1.82) is 0 Å². The third-order valence-electron chi connectivity index (χ3n) is 9.38. The molecule has 52 heavy (non-hydrogen) atoms. The van der Waals surface area contributed by atoms with E-state index in [2.05, 4.69) is 0 Å². The lowest BCUT2D eigenvalue weighted by Gasteiger charge is -2.30. The van der Waals surface area contributed by atoms with Gasteiger partial charge in [0, 0.05) is 39.6 Å². The van der Waals surface area contributed by atoms with Gasteiger partial charge < -0.3 is 33.5 Å². The van der Waals surface area contributed by atoms with Crippen LogP contribution in [0.25, 0.3) is 43.1 Å². The third kappa shape index (κ3) is 6.49. The SMILES string of the molecule is CCCOCCOCCOCCN1C(=O)c2ccc3c4ccc5c6c(ccc(c7ccc(c2c37)C1=O)c64)C(=O)N(CCOCOCOCCO)C5=O. The number of carbonyl (C=O) groups is 4. The molecule has 0 unspecified atom stereocenters. The van der Waals surface area contributed by atoms with Gasteiger partial charge in [-0.25, -0.2) is 0 Å². The molecule has 13 nitrogen and oxygen atoms in total. The number of amides is 4. The highest BCUT2D eigenvalue weighted by atomic mass is 16.7. The molecule has 5 aromatic rings. The van der Waals surface area contributed by atoms with Crippen molar-refractivity contribution in [3.63, 3.8) is 0 Å². The molecule has 272 valence electrons. The predicted octanol–water partition coefficient (Wildman–Crippen LogP) is 4.35. The minimum Gasteiger partial charge on any atom is -0.394 e. The van der Waals surface area contributed by atoms with E-state index in [1.54, 1.807) is 24.3 Å². The van der Waals surface area contributed by atoms with Gasteiger partial charge in [-0.1, -0.05) is 31.2 Å². The van der Waals surface area contributed by atoms with E-state index in [4.69, 9.17) is 33.5 Å². The van der Waals surface area contributed by atoms with Crippen LogP contribution in [0.4, 0.5) is 0 Å². The highest BCUT2D eigenvalue weighted by Gasteiger charge is 2.36. The van der Waals surface area contributed by atoms with E-state index >= 15 is 0 Å². The number of benzene rings is 5. The number of rotatable bonds is 20. The molecule has 0 bridgehead atoms. The van der Waals surface area contributed by atoms with Crippen LogP contribution in [0.5, 0.6) is 0 Å². The van der Waals surface area contributed by atoms with Gasteiger partial charge in [0.25, 0.3) is 23.6 Å². The van der Waals surface area contributed by atoms with Gasteiger partial charge in [0.05, 0.1) is 65.9 Å². The number of hydrogen-bond donors (Lipinski definition) is 1. The van der Waals surface area contributed by atoms with Crippen molar-refractivity contribution in [1.82, 2.24) is 9.80 Å². The zero-order valence-electron chi connectivity index (χ0n) is 28.9. The number of aliphatic hydroxyl groups is 1. The molecular formula is C39H40N2O11. The maximum absolute atomic E-state index is 13.8. The summed E-state index contributed by atoms with van der Waals surface area (Å²) in [6.07, 6.45) is 0.956. The van der Waals surface area contributed by atoms with Crippen molar-refractivity contribution in [2.24, 2.45) is 0 Å². The minimum absolute atomic E-state index is 0.0330. The normalized spacial score (nSPS) is 14.4. The summed E-state index contributed by atoms with van der Waals surface area (Å²) in [4.78, 5) is 57.4. The molecule has 13 heteroatoms. The zero-order valence-corrected chi connectivity index (χ0v) is 28.9. The molecular weight excluding hydrogens is 672 g/mol. The Balaban J connectivity index is 1.12. The largest absolute Gasteiger partial charge is 0.394 e. The Labute approximate surface area is 299 Å². The maximum atomic E-state index is 13.8. The first-order chi connectivity index (χ1) is 25.5. The second kappa shape index (κ2) is 16.0. The molecule has 0 radical (unpaired) electrons. The van der Waals surface area contributed by atoms with Crippen molar-refractivity contribution < 1.29 is 52.7 Å². The second-order valence-electron chi connectivity index (χ2n) is 12.5. The number of aliphatic hydroxyl groups excluding tert-OH is 1.